The molecule has 0 aliphatic heterocycles. The third-order valence-corrected chi connectivity index (χ3v) is 3.30. The predicted octanol–water partition coefficient (Wildman–Crippen LogP) is 3.47. The van der Waals surface area contributed by atoms with Crippen LogP contribution in [0.1, 0.15) is 5.69 Å². The molecule has 0 bridgehead atoms. The van der Waals surface area contributed by atoms with Gasteiger partial charge in [-0.25, -0.2) is 9.97 Å². The number of halogens is 1. The SMILES string of the molecule is Cc1ccc2cccc(Oc3nc(N)ncc3Br)c2n1. The summed E-state index contributed by atoms with van der Waals surface area (Å²) in [6, 6.07) is 9.71. The third kappa shape index (κ3) is 2.42. The van der Waals surface area contributed by atoms with E-state index in [1.165, 1.54) is 0 Å². The van der Waals surface area contributed by atoms with Crippen LogP contribution in [0.15, 0.2) is 41.0 Å². The zero-order valence-electron chi connectivity index (χ0n) is 10.7. The summed E-state index contributed by atoms with van der Waals surface area (Å²) < 4.78 is 6.45. The van der Waals surface area contributed by atoms with E-state index in [9.17, 15) is 0 Å². The number of rotatable bonds is 2. The number of pyridine rings is 1. The summed E-state index contributed by atoms with van der Waals surface area (Å²) in [5.74, 6) is 1.16. The van der Waals surface area contributed by atoms with E-state index in [2.05, 4.69) is 30.9 Å². The second-order valence-corrected chi connectivity index (χ2v) is 5.12. The molecule has 1 aromatic carbocycles. The molecule has 6 heteroatoms. The quantitative estimate of drug-likeness (QED) is 0.778. The summed E-state index contributed by atoms with van der Waals surface area (Å²) in [4.78, 5) is 12.5. The number of para-hydroxylation sites is 1. The topological polar surface area (TPSA) is 73.9 Å². The number of benzene rings is 1. The van der Waals surface area contributed by atoms with Crippen molar-refractivity contribution in [3.05, 3.63) is 46.7 Å². The lowest BCUT2D eigenvalue weighted by molar-refractivity contribution is 0.463. The molecule has 0 amide bonds. The third-order valence-electron chi connectivity index (χ3n) is 2.76. The summed E-state index contributed by atoms with van der Waals surface area (Å²) >= 11 is 3.34. The van der Waals surface area contributed by atoms with Crippen LogP contribution in [0.5, 0.6) is 11.6 Å². The molecule has 0 aliphatic carbocycles. The number of aryl methyl sites for hydroxylation is 1. The van der Waals surface area contributed by atoms with E-state index in [1.54, 1.807) is 6.20 Å². The molecule has 3 aromatic rings. The van der Waals surface area contributed by atoms with Gasteiger partial charge in [-0.15, -0.1) is 0 Å². The Morgan fingerprint density at radius 3 is 2.85 bits per heavy atom. The van der Waals surface area contributed by atoms with Gasteiger partial charge in [-0.05, 0) is 35.0 Å². The first-order valence-corrected chi connectivity index (χ1v) is 6.75. The highest BCUT2D eigenvalue weighted by Gasteiger charge is 2.10. The Labute approximate surface area is 124 Å². The van der Waals surface area contributed by atoms with Crippen LogP contribution in [0.3, 0.4) is 0 Å². The molecule has 0 fully saturated rings. The normalized spacial score (nSPS) is 10.7. The summed E-state index contributed by atoms with van der Waals surface area (Å²) in [7, 11) is 0. The van der Waals surface area contributed by atoms with Crippen LogP contribution in [-0.4, -0.2) is 15.0 Å². The van der Waals surface area contributed by atoms with E-state index in [0.717, 1.165) is 16.6 Å². The molecular weight excluding hydrogens is 320 g/mol. The maximum Gasteiger partial charge on any atom is 0.238 e. The van der Waals surface area contributed by atoms with Crippen LogP contribution < -0.4 is 10.5 Å². The summed E-state index contributed by atoms with van der Waals surface area (Å²) in [6.07, 6.45) is 1.56. The van der Waals surface area contributed by atoms with Gasteiger partial charge in [0, 0.05) is 11.1 Å². The van der Waals surface area contributed by atoms with Crippen molar-refractivity contribution in [3.63, 3.8) is 0 Å². The summed E-state index contributed by atoms with van der Waals surface area (Å²) in [6.45, 7) is 1.94. The Morgan fingerprint density at radius 1 is 1.15 bits per heavy atom. The fourth-order valence-electron chi connectivity index (χ4n) is 1.84. The largest absolute Gasteiger partial charge is 0.435 e. The number of nitrogen functional groups attached to an aromatic ring is 1. The van der Waals surface area contributed by atoms with Gasteiger partial charge in [-0.2, -0.15) is 4.98 Å². The highest BCUT2D eigenvalue weighted by molar-refractivity contribution is 9.10. The maximum absolute atomic E-state index is 5.82. The zero-order chi connectivity index (χ0) is 14.1. The zero-order valence-corrected chi connectivity index (χ0v) is 12.3. The molecule has 0 aliphatic rings. The van der Waals surface area contributed by atoms with Gasteiger partial charge >= 0.3 is 0 Å². The number of fused-ring (bicyclic) bond motifs is 1. The average Bonchev–Trinajstić information content (AvgIpc) is 2.43. The number of anilines is 1. The molecule has 0 spiro atoms. The van der Waals surface area contributed by atoms with Gasteiger partial charge in [0.25, 0.3) is 0 Å². The molecule has 0 saturated carbocycles. The van der Waals surface area contributed by atoms with Crippen molar-refractivity contribution in [1.82, 2.24) is 15.0 Å². The van der Waals surface area contributed by atoms with E-state index < -0.39 is 0 Å². The second kappa shape index (κ2) is 5.05. The fourth-order valence-corrected chi connectivity index (χ4v) is 2.11. The van der Waals surface area contributed by atoms with Crippen molar-refractivity contribution < 1.29 is 4.74 Å². The minimum Gasteiger partial charge on any atom is -0.435 e. The van der Waals surface area contributed by atoms with Crippen LogP contribution in [0.4, 0.5) is 5.95 Å². The number of nitrogens with zero attached hydrogens (tertiary/aromatic N) is 3. The lowest BCUT2D eigenvalue weighted by Crippen LogP contribution is -1.98. The van der Waals surface area contributed by atoms with Gasteiger partial charge in [-0.3, -0.25) is 0 Å². The number of hydrogen-bond donors (Lipinski definition) is 1. The van der Waals surface area contributed by atoms with Crippen molar-refractivity contribution in [2.24, 2.45) is 0 Å². The van der Waals surface area contributed by atoms with E-state index in [-0.39, 0.29) is 5.95 Å². The summed E-state index contributed by atoms with van der Waals surface area (Å²) in [5, 5.41) is 1.01. The first kappa shape index (κ1) is 12.8. The number of hydrogen-bond acceptors (Lipinski definition) is 5. The van der Waals surface area contributed by atoms with Crippen LogP contribution >= 0.6 is 15.9 Å². The Bertz CT molecular complexity index is 791. The molecule has 0 saturated heterocycles. The molecule has 20 heavy (non-hydrogen) atoms. The smallest absolute Gasteiger partial charge is 0.238 e. The van der Waals surface area contributed by atoms with E-state index in [1.807, 2.05) is 37.3 Å². The molecular formula is C14H11BrN4O. The van der Waals surface area contributed by atoms with Crippen molar-refractivity contribution >= 4 is 32.8 Å². The van der Waals surface area contributed by atoms with Gasteiger partial charge in [0.05, 0.1) is 10.7 Å². The summed E-state index contributed by atoms with van der Waals surface area (Å²) in [5.41, 5.74) is 7.29. The predicted molar refractivity (Wildman–Crippen MR) is 80.7 cm³/mol. The number of nitrogens with two attached hydrogens (primary N) is 1. The first-order chi connectivity index (χ1) is 9.63. The first-order valence-electron chi connectivity index (χ1n) is 5.96. The van der Waals surface area contributed by atoms with Gasteiger partial charge < -0.3 is 10.5 Å². The van der Waals surface area contributed by atoms with Gasteiger partial charge in [-0.1, -0.05) is 18.2 Å². The van der Waals surface area contributed by atoms with Gasteiger partial charge in [0.2, 0.25) is 11.8 Å². The molecule has 3 rings (SSSR count). The van der Waals surface area contributed by atoms with Crippen LogP contribution in [0.25, 0.3) is 10.9 Å². The van der Waals surface area contributed by atoms with Crippen molar-refractivity contribution in [2.45, 2.75) is 6.92 Å². The Balaban J connectivity index is 2.10. The Hall–Kier alpha value is -2.21. The van der Waals surface area contributed by atoms with Gasteiger partial charge in [0.15, 0.2) is 5.75 Å². The Kier molecular flexibility index (Phi) is 3.23. The molecule has 2 N–H and O–H groups in total. The molecule has 2 heterocycles. The van der Waals surface area contributed by atoms with Gasteiger partial charge in [0.1, 0.15) is 5.52 Å². The molecule has 2 aromatic heterocycles. The lowest BCUT2D eigenvalue weighted by Gasteiger charge is -2.09. The Morgan fingerprint density at radius 2 is 2.00 bits per heavy atom. The van der Waals surface area contributed by atoms with Crippen LogP contribution in [-0.2, 0) is 0 Å². The highest BCUT2D eigenvalue weighted by Crippen LogP contribution is 2.31. The maximum atomic E-state index is 5.82. The molecule has 0 unspecified atom stereocenters. The molecule has 100 valence electrons. The van der Waals surface area contributed by atoms with Crippen molar-refractivity contribution in [2.75, 3.05) is 5.73 Å². The monoisotopic (exact) mass is 330 g/mol. The molecule has 0 atom stereocenters. The standard InChI is InChI=1S/C14H11BrN4O/c1-8-5-6-9-3-2-4-11(12(9)18-8)20-13-10(15)7-17-14(16)19-13/h2-7H,1H3,(H2,16,17,19). The minimum atomic E-state index is 0.160. The van der Waals surface area contributed by atoms with Crippen molar-refractivity contribution in [3.8, 4) is 11.6 Å². The lowest BCUT2D eigenvalue weighted by atomic mass is 10.2. The molecule has 0 radical (unpaired) electrons. The second-order valence-electron chi connectivity index (χ2n) is 4.26. The number of ether oxygens (including phenoxy) is 1. The average molecular weight is 331 g/mol. The number of aromatic nitrogens is 3. The molecule has 5 nitrogen and oxygen atoms in total. The highest BCUT2D eigenvalue weighted by atomic mass is 79.9. The van der Waals surface area contributed by atoms with E-state index in [4.69, 9.17) is 10.5 Å². The van der Waals surface area contributed by atoms with E-state index in [0.29, 0.717) is 16.1 Å². The van der Waals surface area contributed by atoms with Crippen LogP contribution in [0.2, 0.25) is 0 Å². The minimum absolute atomic E-state index is 0.160. The van der Waals surface area contributed by atoms with Crippen LogP contribution in [0, 0.1) is 6.92 Å². The van der Waals surface area contributed by atoms with E-state index >= 15 is 0 Å². The fraction of sp³-hybridized carbons (Fsp3) is 0.0714. The van der Waals surface area contributed by atoms with Crippen molar-refractivity contribution in [1.29, 1.82) is 0 Å².